The summed E-state index contributed by atoms with van der Waals surface area (Å²) in [5.74, 6) is -1.09. The second-order valence-corrected chi connectivity index (χ2v) is 18.8. The Balaban J connectivity index is 0.000000225. The van der Waals surface area contributed by atoms with Gasteiger partial charge in [0, 0.05) is 50.3 Å². The van der Waals surface area contributed by atoms with Crippen LogP contribution in [0.5, 0.6) is 0 Å². The molecule has 3 amide bonds. The standard InChI is InChI=1S/C18H25NO4.C17H22INO4.C17H23NO5/c1-4-13(2)15-10-19(11-16(15)17(20)22-3)18(21)23-12-14-8-6-5-7-9-14;1-12(8-18)14-9-19(10-15(14)16(20)22-2)17(21)23-11-13-6-4-3-5-7-13;1-12(10-19)14-8-18(9-15(14)16(20)22-2)17(21)23-11-13-6-4-3-5-7-13/h5-9,13,15-16H,4,10-12H2,1-3H3;3-7,12,14-15H,8-11H2,1-2H3;3-7,12,14-15,19H,8-11H2,1-2H3/t13-,15?,16?;2*12-,14?,15?/m111/s1. The van der Waals surface area contributed by atoms with Gasteiger partial charge in [0.15, 0.2) is 0 Å². The molecule has 1 N–H and O–H groups in total. The SMILES string of the molecule is CC[C@@H](C)C1CN(C(=O)OCc2ccccc2)CC1C(=O)OC.COC(=O)C1CN(C(=O)OCc2ccccc2)CC1[C@H](C)CI.COC(=O)C1CN(C(=O)OCc2ccccc2)CC1[C@H](C)CO. The summed E-state index contributed by atoms with van der Waals surface area (Å²) >= 11 is 2.31. The molecule has 3 aromatic rings. The van der Waals surface area contributed by atoms with Gasteiger partial charge in [0.2, 0.25) is 0 Å². The highest BCUT2D eigenvalue weighted by Crippen LogP contribution is 2.34. The quantitative estimate of drug-likeness (QED) is 0.0671. The van der Waals surface area contributed by atoms with Crippen LogP contribution >= 0.6 is 22.6 Å². The Labute approximate surface area is 420 Å². The first kappa shape index (κ1) is 56.2. The van der Waals surface area contributed by atoms with Crippen LogP contribution in [0.3, 0.4) is 0 Å². The van der Waals surface area contributed by atoms with Gasteiger partial charge >= 0.3 is 36.2 Å². The number of esters is 3. The first-order valence-corrected chi connectivity index (χ1v) is 25.0. The average Bonchev–Trinajstić information content (AvgIpc) is 4.18. The zero-order chi connectivity index (χ0) is 50.5. The molecule has 69 heavy (non-hydrogen) atoms. The van der Waals surface area contributed by atoms with Crippen LogP contribution in [0.1, 0.15) is 50.8 Å². The number of amides is 3. The van der Waals surface area contributed by atoms with Crippen LogP contribution in [0, 0.1) is 53.3 Å². The first-order chi connectivity index (χ1) is 33.2. The molecule has 16 nitrogen and oxygen atoms in total. The van der Waals surface area contributed by atoms with Gasteiger partial charge in [-0.3, -0.25) is 14.4 Å². The molecular formula is C52H70IN3O13. The van der Waals surface area contributed by atoms with E-state index in [4.69, 9.17) is 28.4 Å². The fraction of sp³-hybridized carbons (Fsp3) is 0.538. The van der Waals surface area contributed by atoms with Gasteiger partial charge in [-0.2, -0.15) is 0 Å². The third-order valence-electron chi connectivity index (χ3n) is 13.4. The lowest BCUT2D eigenvalue weighted by Gasteiger charge is -2.21. The molecule has 3 fully saturated rings. The number of hydrogen-bond acceptors (Lipinski definition) is 13. The van der Waals surface area contributed by atoms with Crippen molar-refractivity contribution in [3.05, 3.63) is 108 Å². The molecule has 0 aliphatic carbocycles. The number of carbonyl (C=O) groups is 6. The number of benzene rings is 3. The summed E-state index contributed by atoms with van der Waals surface area (Å²) < 4.78 is 31.6. The van der Waals surface area contributed by atoms with Gasteiger partial charge in [-0.05, 0) is 52.2 Å². The van der Waals surface area contributed by atoms with E-state index in [9.17, 15) is 33.9 Å². The lowest BCUT2D eigenvalue weighted by Crippen LogP contribution is -2.30. The molecule has 3 heterocycles. The normalized spacial score (nSPS) is 21.8. The Morgan fingerprint density at radius 2 is 0.797 bits per heavy atom. The van der Waals surface area contributed by atoms with Gasteiger partial charge in [-0.15, -0.1) is 0 Å². The van der Waals surface area contributed by atoms with E-state index in [0.717, 1.165) is 27.5 Å². The highest BCUT2D eigenvalue weighted by Gasteiger charge is 2.45. The predicted molar refractivity (Wildman–Crippen MR) is 265 cm³/mol. The summed E-state index contributed by atoms with van der Waals surface area (Å²) in [6.07, 6.45) is -0.222. The Morgan fingerprint density at radius 3 is 1.06 bits per heavy atom. The lowest BCUT2D eigenvalue weighted by atomic mass is 9.84. The van der Waals surface area contributed by atoms with Crippen molar-refractivity contribution < 1.29 is 62.3 Å². The minimum atomic E-state index is -0.449. The zero-order valence-electron chi connectivity index (χ0n) is 40.9. The predicted octanol–water partition coefficient (Wildman–Crippen LogP) is 7.88. The molecular weight excluding hydrogens is 1000 g/mol. The molecule has 3 aromatic carbocycles. The van der Waals surface area contributed by atoms with Gasteiger partial charge < -0.3 is 48.2 Å². The van der Waals surface area contributed by atoms with Crippen LogP contribution < -0.4 is 0 Å². The number of nitrogens with zero attached hydrogens (tertiary/aromatic N) is 3. The maximum atomic E-state index is 12.3. The number of aliphatic hydroxyl groups is 1. The van der Waals surface area contributed by atoms with E-state index in [1.54, 1.807) is 9.80 Å². The summed E-state index contributed by atoms with van der Waals surface area (Å²) in [5, 5.41) is 9.36. The van der Waals surface area contributed by atoms with Crippen molar-refractivity contribution in [1.82, 2.24) is 14.7 Å². The number of rotatable bonds is 15. The molecule has 6 rings (SSSR count). The van der Waals surface area contributed by atoms with Gasteiger partial charge in [0.05, 0.1) is 39.1 Å². The number of ether oxygens (including phenoxy) is 6. The number of likely N-dealkylation sites (tertiary alicyclic amines) is 3. The van der Waals surface area contributed by atoms with Gasteiger partial charge in [-0.1, -0.05) is 148 Å². The monoisotopic (exact) mass is 1070 g/mol. The first-order valence-electron chi connectivity index (χ1n) is 23.5. The number of halogens is 1. The number of alkyl halides is 1. The maximum absolute atomic E-state index is 12.3. The van der Waals surface area contributed by atoms with E-state index in [-0.39, 0.29) is 98.6 Å². The summed E-state index contributed by atoms with van der Waals surface area (Å²) in [6, 6.07) is 28.5. The molecule has 0 bridgehead atoms. The Morgan fingerprint density at radius 1 is 0.507 bits per heavy atom. The molecule has 17 heteroatoms. The molecule has 3 aliphatic rings. The van der Waals surface area contributed by atoms with E-state index >= 15 is 0 Å². The summed E-state index contributed by atoms with van der Waals surface area (Å²) in [6.45, 7) is 11.3. The second kappa shape index (κ2) is 28.9. The van der Waals surface area contributed by atoms with Crippen LogP contribution in [0.2, 0.25) is 0 Å². The molecule has 0 aromatic heterocycles. The van der Waals surface area contributed by atoms with Crippen LogP contribution in [0.15, 0.2) is 91.0 Å². The van der Waals surface area contributed by atoms with Crippen molar-refractivity contribution in [1.29, 1.82) is 0 Å². The van der Waals surface area contributed by atoms with Crippen molar-refractivity contribution >= 4 is 58.8 Å². The third kappa shape index (κ3) is 16.6. The van der Waals surface area contributed by atoms with Crippen molar-refractivity contribution in [2.24, 2.45) is 53.3 Å². The van der Waals surface area contributed by atoms with Crippen LogP contribution in [0.4, 0.5) is 14.4 Å². The van der Waals surface area contributed by atoms with E-state index in [1.165, 1.54) is 26.2 Å². The molecule has 0 saturated carbocycles. The Bertz CT molecular complexity index is 1830. The van der Waals surface area contributed by atoms with E-state index < -0.39 is 12.0 Å². The number of methoxy groups -OCH3 is 3. The van der Waals surface area contributed by atoms with E-state index in [2.05, 4.69) is 43.4 Å². The lowest BCUT2D eigenvalue weighted by molar-refractivity contribution is -0.147. The van der Waals surface area contributed by atoms with Crippen LogP contribution in [-0.4, -0.2) is 128 Å². The van der Waals surface area contributed by atoms with Crippen LogP contribution in [-0.2, 0) is 62.6 Å². The van der Waals surface area contributed by atoms with Crippen LogP contribution in [0.25, 0.3) is 0 Å². The zero-order valence-corrected chi connectivity index (χ0v) is 43.1. The fourth-order valence-electron chi connectivity index (χ4n) is 8.85. The third-order valence-corrected chi connectivity index (χ3v) is 14.8. The van der Waals surface area contributed by atoms with Gasteiger partial charge in [0.1, 0.15) is 19.8 Å². The van der Waals surface area contributed by atoms with E-state index in [1.807, 2.05) is 97.9 Å². The minimum Gasteiger partial charge on any atom is -0.469 e. The molecule has 378 valence electrons. The van der Waals surface area contributed by atoms with Gasteiger partial charge in [-0.25, -0.2) is 14.4 Å². The Hall–Kier alpha value is -5.43. The number of aliphatic hydroxyl groups excluding tert-OH is 1. The van der Waals surface area contributed by atoms with Crippen molar-refractivity contribution in [2.45, 2.75) is 53.9 Å². The summed E-state index contributed by atoms with van der Waals surface area (Å²) in [7, 11) is 4.12. The minimum absolute atomic E-state index is 0.0366. The largest absolute Gasteiger partial charge is 0.469 e. The fourth-order valence-corrected chi connectivity index (χ4v) is 9.50. The average molecular weight is 1070 g/mol. The second-order valence-electron chi connectivity index (χ2n) is 17.9. The molecule has 6 unspecified atom stereocenters. The van der Waals surface area contributed by atoms with Crippen molar-refractivity contribution in [2.75, 3.05) is 71.6 Å². The number of carbonyl (C=O) groups excluding carboxylic acids is 6. The molecule has 3 aliphatic heterocycles. The highest BCUT2D eigenvalue weighted by atomic mass is 127. The Kier molecular flexibility index (Phi) is 23.5. The molecule has 9 atom stereocenters. The molecule has 0 radical (unpaired) electrons. The van der Waals surface area contributed by atoms with E-state index in [0.29, 0.717) is 44.6 Å². The summed E-state index contributed by atoms with van der Waals surface area (Å²) in [4.78, 5) is 77.4. The van der Waals surface area contributed by atoms with Gasteiger partial charge in [0.25, 0.3) is 0 Å². The van der Waals surface area contributed by atoms with Crippen molar-refractivity contribution in [3.63, 3.8) is 0 Å². The summed E-state index contributed by atoms with van der Waals surface area (Å²) in [5.41, 5.74) is 2.80. The molecule has 3 saturated heterocycles. The smallest absolute Gasteiger partial charge is 0.410 e. The number of hydrogen-bond donors (Lipinski definition) is 1. The van der Waals surface area contributed by atoms with Crippen molar-refractivity contribution in [3.8, 4) is 0 Å². The highest BCUT2D eigenvalue weighted by molar-refractivity contribution is 14.1. The molecule has 0 spiro atoms. The maximum Gasteiger partial charge on any atom is 0.410 e. The topological polar surface area (TPSA) is 188 Å².